The lowest BCUT2D eigenvalue weighted by Crippen LogP contribution is -2.36. The van der Waals surface area contributed by atoms with Crippen molar-refractivity contribution in [1.29, 1.82) is 0 Å². The van der Waals surface area contributed by atoms with E-state index in [4.69, 9.17) is 22.2 Å². The fourth-order valence-electron chi connectivity index (χ4n) is 3.53. The fraction of sp³-hybridized carbons (Fsp3) is 0.722. The van der Waals surface area contributed by atoms with Gasteiger partial charge in [0.2, 0.25) is 5.95 Å². The van der Waals surface area contributed by atoms with Crippen LogP contribution in [0.3, 0.4) is 0 Å². The largest absolute Gasteiger partial charge is 0.362 e. The van der Waals surface area contributed by atoms with Gasteiger partial charge < -0.3 is 20.4 Å². The first-order valence-electron chi connectivity index (χ1n) is 9.59. The number of nitrogens with one attached hydrogen (secondary N) is 2. The molecule has 25 heavy (non-hydrogen) atoms. The molecule has 138 valence electrons. The van der Waals surface area contributed by atoms with Gasteiger partial charge in [-0.25, -0.2) is 0 Å². The van der Waals surface area contributed by atoms with Gasteiger partial charge in [-0.1, -0.05) is 13.8 Å². The third kappa shape index (κ3) is 4.93. The Morgan fingerprint density at radius 3 is 2.52 bits per heavy atom. The first kappa shape index (κ1) is 18.2. The Balaban J connectivity index is 1.81. The fourth-order valence-corrected chi connectivity index (χ4v) is 3.72. The first-order chi connectivity index (χ1) is 12.2. The van der Waals surface area contributed by atoms with Crippen molar-refractivity contribution in [3.8, 4) is 0 Å². The number of hydrogen-bond donors (Lipinski definition) is 2. The summed E-state index contributed by atoms with van der Waals surface area (Å²) < 4.78 is 0. The van der Waals surface area contributed by atoms with Gasteiger partial charge in [0.15, 0.2) is 5.11 Å². The Kier molecular flexibility index (Phi) is 6.29. The van der Waals surface area contributed by atoms with Gasteiger partial charge in [-0.15, -0.1) is 0 Å². The molecule has 7 heteroatoms. The molecule has 0 spiro atoms. The third-order valence-corrected chi connectivity index (χ3v) is 5.12. The van der Waals surface area contributed by atoms with Gasteiger partial charge in [-0.2, -0.15) is 9.97 Å². The van der Waals surface area contributed by atoms with Gasteiger partial charge in [0, 0.05) is 38.8 Å². The zero-order valence-corrected chi connectivity index (χ0v) is 16.2. The van der Waals surface area contributed by atoms with E-state index < -0.39 is 0 Å². The van der Waals surface area contributed by atoms with E-state index >= 15 is 0 Å². The third-order valence-electron chi connectivity index (χ3n) is 4.87. The molecule has 2 aliphatic rings. The van der Waals surface area contributed by atoms with Crippen molar-refractivity contribution in [2.45, 2.75) is 46.0 Å². The number of anilines is 3. The molecule has 1 aromatic rings. The lowest BCUT2D eigenvalue weighted by Gasteiger charge is -2.32. The summed E-state index contributed by atoms with van der Waals surface area (Å²) in [4.78, 5) is 14.2. The predicted octanol–water partition coefficient (Wildman–Crippen LogP) is 3.01. The number of piperidine rings is 1. The monoisotopic (exact) mass is 362 g/mol. The van der Waals surface area contributed by atoms with Gasteiger partial charge in [0.25, 0.3) is 0 Å². The van der Waals surface area contributed by atoms with E-state index in [1.165, 1.54) is 25.7 Å². The van der Waals surface area contributed by atoms with Gasteiger partial charge >= 0.3 is 0 Å². The van der Waals surface area contributed by atoms with Crippen LogP contribution in [0.15, 0.2) is 6.07 Å². The molecule has 0 aliphatic carbocycles. The molecule has 0 bridgehead atoms. The summed E-state index contributed by atoms with van der Waals surface area (Å²) >= 11 is 5.37. The Morgan fingerprint density at radius 2 is 1.84 bits per heavy atom. The molecular formula is C18H30N6S. The smallest absolute Gasteiger partial charge is 0.232 e. The van der Waals surface area contributed by atoms with Gasteiger partial charge in [0.05, 0.1) is 0 Å². The van der Waals surface area contributed by atoms with Crippen molar-refractivity contribution in [1.82, 2.24) is 15.3 Å². The molecule has 2 saturated heterocycles. The standard InChI is InChI=1S/C18H30N6S/c1-3-8-19-18(25)22-17-20-15(23-9-4-5-10-23)12-16(21-17)24-11-6-7-14(2)13-24/h12,14H,3-11,13H2,1-2H3,(H2,19,20,21,22,25). The van der Waals surface area contributed by atoms with Crippen LogP contribution in [0.4, 0.5) is 17.6 Å². The van der Waals surface area contributed by atoms with Crippen LogP contribution in [0.1, 0.15) is 46.0 Å². The summed E-state index contributed by atoms with van der Waals surface area (Å²) in [5.41, 5.74) is 0. The SMILES string of the molecule is CCCNC(=S)Nc1nc(N2CCCC2)cc(N2CCCC(C)C2)n1. The topological polar surface area (TPSA) is 56.3 Å². The second-order valence-electron chi connectivity index (χ2n) is 7.18. The van der Waals surface area contributed by atoms with Crippen LogP contribution in [-0.4, -0.2) is 47.8 Å². The van der Waals surface area contributed by atoms with Crippen LogP contribution >= 0.6 is 12.2 Å². The highest BCUT2D eigenvalue weighted by molar-refractivity contribution is 7.80. The normalized spacial score (nSPS) is 20.6. The van der Waals surface area contributed by atoms with Crippen LogP contribution in [0.5, 0.6) is 0 Å². The Labute approximate surface area is 156 Å². The number of rotatable bonds is 5. The van der Waals surface area contributed by atoms with E-state index in [1.807, 2.05) is 0 Å². The molecular weight excluding hydrogens is 332 g/mol. The maximum absolute atomic E-state index is 5.37. The Bertz CT molecular complexity index is 587. The molecule has 3 rings (SSSR count). The molecule has 2 fully saturated rings. The van der Waals surface area contributed by atoms with Crippen LogP contribution < -0.4 is 20.4 Å². The number of aromatic nitrogens is 2. The van der Waals surface area contributed by atoms with Crippen molar-refractivity contribution in [2.75, 3.05) is 47.8 Å². The van der Waals surface area contributed by atoms with Crippen molar-refractivity contribution < 1.29 is 0 Å². The van der Waals surface area contributed by atoms with Crippen molar-refractivity contribution in [3.05, 3.63) is 6.07 Å². The molecule has 2 aliphatic heterocycles. The molecule has 0 aromatic carbocycles. The van der Waals surface area contributed by atoms with E-state index in [0.29, 0.717) is 17.0 Å². The molecule has 1 unspecified atom stereocenters. The molecule has 6 nitrogen and oxygen atoms in total. The second kappa shape index (κ2) is 8.65. The van der Waals surface area contributed by atoms with Crippen LogP contribution in [0, 0.1) is 5.92 Å². The second-order valence-corrected chi connectivity index (χ2v) is 7.58. The highest BCUT2D eigenvalue weighted by Gasteiger charge is 2.21. The summed E-state index contributed by atoms with van der Waals surface area (Å²) in [7, 11) is 0. The summed E-state index contributed by atoms with van der Waals surface area (Å²) in [6.07, 6.45) is 6.03. The van der Waals surface area contributed by atoms with Crippen LogP contribution in [0.2, 0.25) is 0 Å². The van der Waals surface area contributed by atoms with Crippen LogP contribution in [0.25, 0.3) is 0 Å². The van der Waals surface area contributed by atoms with Crippen LogP contribution in [-0.2, 0) is 0 Å². The highest BCUT2D eigenvalue weighted by atomic mass is 32.1. The summed E-state index contributed by atoms with van der Waals surface area (Å²) in [6, 6.07) is 2.15. The minimum atomic E-state index is 0.596. The average Bonchev–Trinajstić information content (AvgIpc) is 3.14. The van der Waals surface area contributed by atoms with Gasteiger partial charge in [0.1, 0.15) is 11.6 Å². The zero-order chi connectivity index (χ0) is 17.6. The molecule has 0 radical (unpaired) electrons. The Morgan fingerprint density at radius 1 is 1.16 bits per heavy atom. The first-order valence-corrected chi connectivity index (χ1v) is 10.0. The number of thiocarbonyl (C=S) groups is 1. The highest BCUT2D eigenvalue weighted by Crippen LogP contribution is 2.27. The van der Waals surface area contributed by atoms with E-state index in [1.54, 1.807) is 0 Å². The molecule has 1 atom stereocenters. The molecule has 3 heterocycles. The summed E-state index contributed by atoms with van der Waals surface area (Å²) in [5, 5.41) is 6.96. The minimum Gasteiger partial charge on any atom is -0.362 e. The molecule has 2 N–H and O–H groups in total. The molecule has 1 aromatic heterocycles. The summed E-state index contributed by atoms with van der Waals surface area (Å²) in [5.74, 6) is 3.35. The average molecular weight is 363 g/mol. The number of nitrogens with zero attached hydrogens (tertiary/aromatic N) is 4. The molecule has 0 saturated carbocycles. The molecule has 0 amide bonds. The minimum absolute atomic E-state index is 0.596. The van der Waals surface area contributed by atoms with Crippen molar-refractivity contribution in [2.24, 2.45) is 5.92 Å². The quantitative estimate of drug-likeness (QED) is 0.781. The van der Waals surface area contributed by atoms with E-state index in [2.05, 4.69) is 40.3 Å². The maximum Gasteiger partial charge on any atom is 0.232 e. The van der Waals surface area contributed by atoms with Gasteiger partial charge in [-0.3, -0.25) is 0 Å². The lowest BCUT2D eigenvalue weighted by atomic mass is 10.0. The van der Waals surface area contributed by atoms with E-state index in [0.717, 1.165) is 50.8 Å². The maximum atomic E-state index is 5.37. The van der Waals surface area contributed by atoms with Crippen molar-refractivity contribution >= 4 is 34.9 Å². The van der Waals surface area contributed by atoms with Crippen molar-refractivity contribution in [3.63, 3.8) is 0 Å². The van der Waals surface area contributed by atoms with Gasteiger partial charge in [-0.05, 0) is 50.2 Å². The van der Waals surface area contributed by atoms with E-state index in [9.17, 15) is 0 Å². The lowest BCUT2D eigenvalue weighted by molar-refractivity contribution is 0.444. The van der Waals surface area contributed by atoms with E-state index in [-0.39, 0.29) is 0 Å². The summed E-state index contributed by atoms with van der Waals surface area (Å²) in [6.45, 7) is 9.57. The Hall–Kier alpha value is -1.63. The predicted molar refractivity (Wildman–Crippen MR) is 109 cm³/mol. The number of hydrogen-bond acceptors (Lipinski definition) is 5. The zero-order valence-electron chi connectivity index (χ0n) is 15.4.